The first-order chi connectivity index (χ1) is 11.6. The highest BCUT2D eigenvalue weighted by Crippen LogP contribution is 2.26. The summed E-state index contributed by atoms with van der Waals surface area (Å²) in [7, 11) is 0. The molecule has 3 rings (SSSR count). The standard InChI is InChI=1S/C19H20N2O3/c20-19(23)16-10-14-8-4-5-9-15(14)18(21-16)17(22)12-24-11-13-6-2-1-3-7-13/h1-9,16,18,21H,10-12H2,(H2,20,23). The molecular formula is C19H20N2O3. The zero-order chi connectivity index (χ0) is 16.9. The first-order valence-corrected chi connectivity index (χ1v) is 7.92. The topological polar surface area (TPSA) is 81.4 Å². The second-order valence-corrected chi connectivity index (χ2v) is 5.90. The largest absolute Gasteiger partial charge is 0.369 e. The summed E-state index contributed by atoms with van der Waals surface area (Å²) < 4.78 is 5.54. The number of hydrogen-bond acceptors (Lipinski definition) is 4. The van der Waals surface area contributed by atoms with E-state index >= 15 is 0 Å². The van der Waals surface area contributed by atoms with Crippen LogP contribution >= 0.6 is 0 Å². The highest BCUT2D eigenvalue weighted by atomic mass is 16.5. The molecule has 0 aromatic heterocycles. The number of nitrogens with two attached hydrogens (primary N) is 1. The molecule has 0 saturated heterocycles. The van der Waals surface area contributed by atoms with Crippen molar-refractivity contribution in [3.05, 3.63) is 71.3 Å². The molecule has 0 bridgehead atoms. The number of nitrogens with one attached hydrogen (secondary N) is 1. The number of carbonyl (C=O) groups excluding carboxylic acids is 2. The van der Waals surface area contributed by atoms with E-state index in [4.69, 9.17) is 10.5 Å². The zero-order valence-electron chi connectivity index (χ0n) is 13.3. The number of carbonyl (C=O) groups is 2. The summed E-state index contributed by atoms with van der Waals surface area (Å²) in [6, 6.07) is 16.2. The number of primary amides is 1. The van der Waals surface area contributed by atoms with Crippen LogP contribution in [0.3, 0.4) is 0 Å². The van der Waals surface area contributed by atoms with Crippen LogP contribution in [0.5, 0.6) is 0 Å². The maximum absolute atomic E-state index is 12.6. The third kappa shape index (κ3) is 3.69. The predicted molar refractivity (Wildman–Crippen MR) is 90.1 cm³/mol. The average Bonchev–Trinajstić information content (AvgIpc) is 2.61. The Morgan fingerprint density at radius 3 is 2.54 bits per heavy atom. The molecule has 5 nitrogen and oxygen atoms in total. The molecule has 0 fully saturated rings. The van der Waals surface area contributed by atoms with Gasteiger partial charge in [-0.05, 0) is 23.1 Å². The lowest BCUT2D eigenvalue weighted by Gasteiger charge is -2.30. The van der Waals surface area contributed by atoms with Crippen molar-refractivity contribution in [2.24, 2.45) is 5.73 Å². The maximum Gasteiger partial charge on any atom is 0.234 e. The van der Waals surface area contributed by atoms with Crippen LogP contribution in [0.4, 0.5) is 0 Å². The molecule has 3 N–H and O–H groups in total. The fourth-order valence-corrected chi connectivity index (χ4v) is 2.95. The van der Waals surface area contributed by atoms with Crippen LogP contribution in [0, 0.1) is 0 Å². The number of ether oxygens (including phenoxy) is 1. The second-order valence-electron chi connectivity index (χ2n) is 5.90. The average molecular weight is 324 g/mol. The second kappa shape index (κ2) is 7.38. The van der Waals surface area contributed by atoms with E-state index in [2.05, 4.69) is 5.32 Å². The Balaban J connectivity index is 1.68. The van der Waals surface area contributed by atoms with Crippen molar-refractivity contribution in [3.63, 3.8) is 0 Å². The van der Waals surface area contributed by atoms with Crippen LogP contribution in [0.1, 0.15) is 22.7 Å². The highest BCUT2D eigenvalue weighted by molar-refractivity contribution is 5.89. The van der Waals surface area contributed by atoms with Crippen LogP contribution in [-0.4, -0.2) is 24.3 Å². The number of amides is 1. The summed E-state index contributed by atoms with van der Waals surface area (Å²) in [4.78, 5) is 24.1. The summed E-state index contributed by atoms with van der Waals surface area (Å²) in [6.45, 7) is 0.354. The Labute approximate surface area is 140 Å². The SMILES string of the molecule is NC(=O)C1Cc2ccccc2C(C(=O)COCc2ccccc2)N1. The summed E-state index contributed by atoms with van der Waals surface area (Å²) in [5.41, 5.74) is 8.30. The van der Waals surface area contributed by atoms with Gasteiger partial charge < -0.3 is 10.5 Å². The Bertz CT molecular complexity index is 730. The summed E-state index contributed by atoms with van der Waals surface area (Å²) >= 11 is 0. The lowest BCUT2D eigenvalue weighted by atomic mass is 9.88. The Hall–Kier alpha value is -2.50. The van der Waals surface area contributed by atoms with Crippen LogP contribution < -0.4 is 11.1 Å². The quantitative estimate of drug-likeness (QED) is 0.844. The van der Waals surface area contributed by atoms with Gasteiger partial charge in [-0.25, -0.2) is 0 Å². The van der Waals surface area contributed by atoms with Crippen molar-refractivity contribution in [2.45, 2.75) is 25.1 Å². The number of benzene rings is 2. The van der Waals surface area contributed by atoms with E-state index in [9.17, 15) is 9.59 Å². The third-order valence-corrected chi connectivity index (χ3v) is 4.18. The van der Waals surface area contributed by atoms with Crippen LogP contribution in [-0.2, 0) is 27.4 Å². The Morgan fingerprint density at radius 1 is 1.08 bits per heavy atom. The van der Waals surface area contributed by atoms with Crippen LogP contribution in [0.2, 0.25) is 0 Å². The first-order valence-electron chi connectivity index (χ1n) is 7.92. The molecular weight excluding hydrogens is 304 g/mol. The molecule has 1 aliphatic heterocycles. The lowest BCUT2D eigenvalue weighted by molar-refractivity contribution is -0.127. The van der Waals surface area contributed by atoms with Gasteiger partial charge in [0.25, 0.3) is 0 Å². The van der Waals surface area contributed by atoms with Gasteiger partial charge in [-0.3, -0.25) is 14.9 Å². The molecule has 0 saturated carbocycles. The number of hydrogen-bond donors (Lipinski definition) is 2. The van der Waals surface area contributed by atoms with E-state index in [0.717, 1.165) is 16.7 Å². The summed E-state index contributed by atoms with van der Waals surface area (Å²) in [5.74, 6) is -0.558. The van der Waals surface area contributed by atoms with E-state index in [1.54, 1.807) is 0 Å². The van der Waals surface area contributed by atoms with Crippen molar-refractivity contribution in [3.8, 4) is 0 Å². The first kappa shape index (κ1) is 16.4. The van der Waals surface area contributed by atoms with E-state index in [1.807, 2.05) is 54.6 Å². The molecule has 5 heteroatoms. The molecule has 2 unspecified atom stereocenters. The molecule has 1 heterocycles. The molecule has 2 aromatic rings. The van der Waals surface area contributed by atoms with Gasteiger partial charge in [0.15, 0.2) is 5.78 Å². The fourth-order valence-electron chi connectivity index (χ4n) is 2.95. The van der Waals surface area contributed by atoms with Gasteiger partial charge in [0.05, 0.1) is 18.7 Å². The number of Topliss-reactive ketones (excluding diaryl/α,β-unsaturated/α-hetero) is 1. The van der Waals surface area contributed by atoms with E-state index in [0.29, 0.717) is 13.0 Å². The van der Waals surface area contributed by atoms with E-state index in [-0.39, 0.29) is 12.4 Å². The molecule has 0 spiro atoms. The van der Waals surface area contributed by atoms with Crippen molar-refractivity contribution < 1.29 is 14.3 Å². The van der Waals surface area contributed by atoms with E-state index in [1.165, 1.54) is 0 Å². The van der Waals surface area contributed by atoms with E-state index < -0.39 is 18.0 Å². The molecule has 0 aliphatic carbocycles. The minimum Gasteiger partial charge on any atom is -0.369 e. The van der Waals surface area contributed by atoms with Crippen molar-refractivity contribution in [1.29, 1.82) is 0 Å². The number of ketones is 1. The van der Waals surface area contributed by atoms with Gasteiger partial charge in [-0.2, -0.15) is 0 Å². The van der Waals surface area contributed by atoms with Gasteiger partial charge in [0, 0.05) is 0 Å². The summed E-state index contributed by atoms with van der Waals surface area (Å²) in [5, 5.41) is 3.05. The van der Waals surface area contributed by atoms with Crippen LogP contribution in [0.25, 0.3) is 0 Å². The molecule has 2 atom stereocenters. The normalized spacial score (nSPS) is 19.5. The zero-order valence-corrected chi connectivity index (χ0v) is 13.3. The van der Waals surface area contributed by atoms with Crippen LogP contribution in [0.15, 0.2) is 54.6 Å². The minimum absolute atomic E-state index is 0.0215. The monoisotopic (exact) mass is 324 g/mol. The Morgan fingerprint density at radius 2 is 1.79 bits per heavy atom. The van der Waals surface area contributed by atoms with Gasteiger partial charge >= 0.3 is 0 Å². The molecule has 1 aliphatic rings. The smallest absolute Gasteiger partial charge is 0.234 e. The van der Waals surface area contributed by atoms with Crippen molar-refractivity contribution in [2.75, 3.05) is 6.61 Å². The highest BCUT2D eigenvalue weighted by Gasteiger charge is 2.32. The third-order valence-electron chi connectivity index (χ3n) is 4.18. The lowest BCUT2D eigenvalue weighted by Crippen LogP contribution is -2.50. The van der Waals surface area contributed by atoms with Gasteiger partial charge in [0.2, 0.25) is 5.91 Å². The molecule has 0 radical (unpaired) electrons. The van der Waals surface area contributed by atoms with Crippen molar-refractivity contribution in [1.82, 2.24) is 5.32 Å². The van der Waals surface area contributed by atoms with Gasteiger partial charge in [-0.1, -0.05) is 54.6 Å². The Kier molecular flexibility index (Phi) is 5.03. The number of fused-ring (bicyclic) bond motifs is 1. The molecule has 2 aromatic carbocycles. The minimum atomic E-state index is -0.566. The maximum atomic E-state index is 12.6. The number of rotatable bonds is 6. The summed E-state index contributed by atoms with van der Waals surface area (Å²) in [6.07, 6.45) is 0.500. The van der Waals surface area contributed by atoms with Crippen molar-refractivity contribution >= 4 is 11.7 Å². The molecule has 24 heavy (non-hydrogen) atoms. The molecule has 124 valence electrons. The van der Waals surface area contributed by atoms with Gasteiger partial charge in [0.1, 0.15) is 6.61 Å². The van der Waals surface area contributed by atoms with Gasteiger partial charge in [-0.15, -0.1) is 0 Å². The predicted octanol–water partition coefficient (Wildman–Crippen LogP) is 1.51. The molecule has 1 amide bonds. The fraction of sp³-hybridized carbons (Fsp3) is 0.263.